The maximum atomic E-state index is 13.2. The molecule has 15 nitrogen and oxygen atoms in total. The van der Waals surface area contributed by atoms with Crippen molar-refractivity contribution in [2.24, 2.45) is 5.16 Å². The molecule has 2 N–H and O–H groups in total. The number of ether oxygens (including phenoxy) is 4. The van der Waals surface area contributed by atoms with Crippen molar-refractivity contribution in [3.8, 4) is 0 Å². The predicted octanol–water partition coefficient (Wildman–Crippen LogP) is 0.813. The lowest BCUT2D eigenvalue weighted by Gasteiger charge is -2.49. The van der Waals surface area contributed by atoms with Gasteiger partial charge in [0.1, 0.15) is 29.9 Å². The first-order chi connectivity index (χ1) is 18.6. The van der Waals surface area contributed by atoms with E-state index < -0.39 is 47.7 Å². The summed E-state index contributed by atoms with van der Waals surface area (Å²) in [6.07, 6.45) is -2.31. The lowest BCUT2D eigenvalue weighted by molar-refractivity contribution is -0.169. The van der Waals surface area contributed by atoms with Gasteiger partial charge in [-0.1, -0.05) is 5.16 Å². The van der Waals surface area contributed by atoms with Crippen molar-refractivity contribution in [3.05, 3.63) is 22.3 Å². The molecule has 2 aliphatic rings. The van der Waals surface area contributed by atoms with E-state index in [1.807, 2.05) is 0 Å². The zero-order valence-corrected chi connectivity index (χ0v) is 23.3. The van der Waals surface area contributed by atoms with E-state index in [1.54, 1.807) is 13.8 Å². The number of amides is 3. The molecule has 1 aromatic rings. The maximum absolute atomic E-state index is 13.2. The number of nitrogens with zero attached hydrogens (tertiary/aromatic N) is 3. The predicted molar refractivity (Wildman–Crippen MR) is 138 cm³/mol. The molecule has 2 aliphatic heterocycles. The van der Waals surface area contributed by atoms with Gasteiger partial charge < -0.3 is 34.4 Å². The molecule has 0 bridgehead atoms. The van der Waals surface area contributed by atoms with E-state index in [4.69, 9.17) is 23.8 Å². The minimum absolute atomic E-state index is 0.0429. The Morgan fingerprint density at radius 2 is 1.97 bits per heavy atom. The van der Waals surface area contributed by atoms with Gasteiger partial charge in [0.25, 0.3) is 11.8 Å². The van der Waals surface area contributed by atoms with Crippen LogP contribution in [0.15, 0.2) is 21.8 Å². The number of esters is 1. The van der Waals surface area contributed by atoms with Crippen LogP contribution in [0, 0.1) is 0 Å². The molecule has 2 unspecified atom stereocenters. The van der Waals surface area contributed by atoms with Crippen LogP contribution in [0.5, 0.6) is 0 Å². The van der Waals surface area contributed by atoms with Gasteiger partial charge in [-0.25, -0.2) is 14.6 Å². The van der Waals surface area contributed by atoms with Crippen LogP contribution in [0.2, 0.25) is 0 Å². The third-order valence-electron chi connectivity index (χ3n) is 5.04. The minimum atomic E-state index is -1.30. The molecule has 0 saturated carbocycles. The minimum Gasteiger partial charge on any atom is -0.431 e. The van der Waals surface area contributed by atoms with Gasteiger partial charge in [-0.3, -0.25) is 19.3 Å². The second-order valence-corrected chi connectivity index (χ2v) is 10.1. The quantitative estimate of drug-likeness (QED) is 0.0880. The van der Waals surface area contributed by atoms with Crippen LogP contribution in [0.3, 0.4) is 0 Å². The van der Waals surface area contributed by atoms with Crippen molar-refractivity contribution in [1.82, 2.24) is 15.2 Å². The van der Waals surface area contributed by atoms with Crippen molar-refractivity contribution in [2.45, 2.75) is 44.6 Å². The average Bonchev–Trinajstić information content (AvgIpc) is 3.33. The third kappa shape index (κ3) is 7.04. The van der Waals surface area contributed by atoms with Crippen LogP contribution < -0.4 is 10.6 Å². The Kier molecular flexibility index (Phi) is 10.2. The topological polar surface area (TPSA) is 184 Å². The lowest BCUT2D eigenvalue weighted by atomic mass is 10.0. The number of oxime groups is 1. The number of β-lactam (4-membered cyclic amide) rings is 1. The Hall–Kier alpha value is -3.70. The van der Waals surface area contributed by atoms with Gasteiger partial charge in [0.05, 0.1) is 12.7 Å². The summed E-state index contributed by atoms with van der Waals surface area (Å²) in [6.45, 7) is 4.64. The number of carbonyl (C=O) groups is 5. The van der Waals surface area contributed by atoms with E-state index in [1.165, 1.54) is 43.2 Å². The number of thiazole rings is 1. The number of nitrogens with one attached hydrogen (secondary N) is 2. The molecule has 39 heavy (non-hydrogen) atoms. The summed E-state index contributed by atoms with van der Waals surface area (Å²) in [7, 11) is 2.68. The molecule has 0 aromatic carbocycles. The van der Waals surface area contributed by atoms with E-state index in [-0.39, 0.29) is 28.8 Å². The molecule has 0 spiro atoms. The molecule has 1 aromatic heterocycles. The van der Waals surface area contributed by atoms with Crippen LogP contribution in [0.1, 0.15) is 26.5 Å². The van der Waals surface area contributed by atoms with Gasteiger partial charge in [-0.05, 0) is 19.4 Å². The van der Waals surface area contributed by atoms with Crippen molar-refractivity contribution in [3.63, 3.8) is 0 Å². The summed E-state index contributed by atoms with van der Waals surface area (Å²) in [5, 5.41) is 9.77. The summed E-state index contributed by atoms with van der Waals surface area (Å²) in [5.74, 6) is -1.93. The Labute approximate surface area is 231 Å². The van der Waals surface area contributed by atoms with E-state index in [9.17, 15) is 24.0 Å². The van der Waals surface area contributed by atoms with Gasteiger partial charge >= 0.3 is 12.1 Å². The highest BCUT2D eigenvalue weighted by atomic mass is 32.2. The third-order valence-corrected chi connectivity index (χ3v) is 7.15. The standard InChI is InChI=1S/C22H27N5O10S2/c1-10(2)35-22(32)37-11(3)36-20(31)16-12(6-33-4)7-38-19-15(18(30)27(16)19)25-17(29)14(26-34-5)13-8-39-21(24-13)23-9-28/h8-11,15,19H,6-7H2,1-5H3,(H,25,29)(H,23,24,28)/b26-14+/t11?,15?,19-/m1/s1. The zero-order chi connectivity index (χ0) is 28.7. The summed E-state index contributed by atoms with van der Waals surface area (Å²) in [5.41, 5.74) is 0.339. The van der Waals surface area contributed by atoms with E-state index >= 15 is 0 Å². The smallest absolute Gasteiger partial charge is 0.431 e. The fraction of sp³-hybridized carbons (Fsp3) is 0.500. The highest BCUT2D eigenvalue weighted by Gasteiger charge is 2.55. The number of methoxy groups -OCH3 is 1. The second-order valence-electron chi connectivity index (χ2n) is 8.18. The summed E-state index contributed by atoms with van der Waals surface area (Å²) >= 11 is 2.37. The second kappa shape index (κ2) is 13.4. The van der Waals surface area contributed by atoms with Gasteiger partial charge in [0.2, 0.25) is 12.7 Å². The summed E-state index contributed by atoms with van der Waals surface area (Å²) in [4.78, 5) is 71.7. The molecule has 3 amide bonds. The van der Waals surface area contributed by atoms with Crippen LogP contribution in [0.4, 0.5) is 9.93 Å². The SMILES string of the molecule is COCC1=C(C(=O)OC(C)OC(=O)OC(C)C)N2C(=O)C(NC(=O)/C(=N/OC)c3csc(NC=O)n3)[C@H]2SC1. The summed E-state index contributed by atoms with van der Waals surface area (Å²) < 4.78 is 20.2. The fourth-order valence-electron chi connectivity index (χ4n) is 3.55. The maximum Gasteiger partial charge on any atom is 0.511 e. The Balaban J connectivity index is 1.74. The Bertz CT molecular complexity index is 1180. The number of thioether (sulfide) groups is 1. The highest BCUT2D eigenvalue weighted by molar-refractivity contribution is 8.00. The Morgan fingerprint density at radius 3 is 2.62 bits per heavy atom. The van der Waals surface area contributed by atoms with Gasteiger partial charge in [-0.2, -0.15) is 0 Å². The largest absolute Gasteiger partial charge is 0.511 e. The van der Waals surface area contributed by atoms with E-state index in [0.717, 1.165) is 11.3 Å². The fourth-order valence-corrected chi connectivity index (χ4v) is 5.53. The summed E-state index contributed by atoms with van der Waals surface area (Å²) in [6, 6.07) is -1.00. The first kappa shape index (κ1) is 29.9. The number of carbonyl (C=O) groups excluding carboxylic acids is 5. The monoisotopic (exact) mass is 585 g/mol. The first-order valence-electron chi connectivity index (χ1n) is 11.4. The molecule has 17 heteroatoms. The Morgan fingerprint density at radius 1 is 1.23 bits per heavy atom. The number of anilines is 1. The number of hydrogen-bond acceptors (Lipinski definition) is 14. The van der Waals surface area contributed by atoms with Crippen molar-refractivity contribution < 1.29 is 47.8 Å². The number of aromatic nitrogens is 1. The van der Waals surface area contributed by atoms with Gasteiger partial charge in [0, 0.05) is 25.2 Å². The highest BCUT2D eigenvalue weighted by Crippen LogP contribution is 2.41. The number of rotatable bonds is 12. The van der Waals surface area contributed by atoms with Crippen LogP contribution >= 0.6 is 23.1 Å². The van der Waals surface area contributed by atoms with Gasteiger partial charge in [-0.15, -0.1) is 23.1 Å². The molecular weight excluding hydrogens is 558 g/mol. The average molecular weight is 586 g/mol. The lowest BCUT2D eigenvalue weighted by Crippen LogP contribution is -2.71. The molecule has 3 atom stereocenters. The molecule has 212 valence electrons. The van der Waals surface area contributed by atoms with Crippen molar-refractivity contribution in [2.75, 3.05) is 31.9 Å². The number of fused-ring (bicyclic) bond motifs is 1. The van der Waals surface area contributed by atoms with Gasteiger partial charge in [0.15, 0.2) is 10.8 Å². The van der Waals surface area contributed by atoms with Crippen LogP contribution in [-0.2, 0) is 43.0 Å². The number of hydrogen-bond donors (Lipinski definition) is 2. The van der Waals surface area contributed by atoms with Crippen molar-refractivity contribution in [1.29, 1.82) is 0 Å². The molecule has 1 saturated heterocycles. The molecule has 3 heterocycles. The zero-order valence-electron chi connectivity index (χ0n) is 21.6. The molecule has 3 rings (SSSR count). The first-order valence-corrected chi connectivity index (χ1v) is 13.4. The normalized spacial score (nSPS) is 19.5. The molecule has 0 radical (unpaired) electrons. The van der Waals surface area contributed by atoms with E-state index in [2.05, 4.69) is 20.8 Å². The van der Waals surface area contributed by atoms with Crippen LogP contribution in [-0.4, -0.2) is 96.3 Å². The molecule has 0 aliphatic carbocycles. The van der Waals surface area contributed by atoms with E-state index in [0.29, 0.717) is 17.7 Å². The molecule has 1 fully saturated rings. The van der Waals surface area contributed by atoms with Crippen LogP contribution in [0.25, 0.3) is 0 Å². The van der Waals surface area contributed by atoms with Crippen molar-refractivity contribution >= 4 is 64.3 Å². The molecular formula is C22H27N5O10S2.